The molecule has 1 atom stereocenters. The molecule has 23 heavy (non-hydrogen) atoms. The first-order chi connectivity index (χ1) is 11.4. The summed E-state index contributed by atoms with van der Waals surface area (Å²) in [5.41, 5.74) is 2.99. The van der Waals surface area contributed by atoms with Crippen LogP contribution in [0.15, 0.2) is 61.2 Å². The van der Waals surface area contributed by atoms with Crippen molar-refractivity contribution in [1.82, 2.24) is 19.7 Å². The second-order valence-corrected chi connectivity index (χ2v) is 5.16. The maximum atomic E-state index is 5.51. The number of hydrogen-bond donors (Lipinski definition) is 1. The van der Waals surface area contributed by atoms with E-state index < -0.39 is 0 Å². The number of benzene rings is 1. The van der Waals surface area contributed by atoms with E-state index >= 15 is 0 Å². The summed E-state index contributed by atoms with van der Waals surface area (Å²) in [6, 6.07) is 11.8. The Balaban J connectivity index is 1.85. The van der Waals surface area contributed by atoms with Gasteiger partial charge in [0.05, 0.1) is 7.11 Å². The van der Waals surface area contributed by atoms with Gasteiger partial charge in [0.1, 0.15) is 18.1 Å². The summed E-state index contributed by atoms with van der Waals surface area (Å²) in [4.78, 5) is 8.49. The van der Waals surface area contributed by atoms with Crippen molar-refractivity contribution in [1.29, 1.82) is 0 Å². The van der Waals surface area contributed by atoms with Crippen molar-refractivity contribution in [2.24, 2.45) is 0 Å². The Bertz CT molecular complexity index is 856. The zero-order chi connectivity index (χ0) is 15.6. The molecule has 0 saturated heterocycles. The molecule has 2 aromatic heterocycles. The highest BCUT2D eigenvalue weighted by molar-refractivity contribution is 5.76. The first-order valence-corrected chi connectivity index (χ1v) is 7.28. The third-order valence-electron chi connectivity index (χ3n) is 3.84. The molecule has 0 aliphatic carbocycles. The van der Waals surface area contributed by atoms with E-state index in [9.17, 15) is 0 Å². The molecule has 0 unspecified atom stereocenters. The molecule has 0 radical (unpaired) electrons. The van der Waals surface area contributed by atoms with E-state index in [0.29, 0.717) is 5.95 Å². The second kappa shape index (κ2) is 5.57. The number of pyridine rings is 1. The Morgan fingerprint density at radius 2 is 2.09 bits per heavy atom. The molecular weight excluding hydrogens is 290 g/mol. The Labute approximate surface area is 133 Å². The molecule has 6 heteroatoms. The molecule has 3 heterocycles. The van der Waals surface area contributed by atoms with Crippen molar-refractivity contribution < 1.29 is 4.74 Å². The van der Waals surface area contributed by atoms with Crippen LogP contribution in [-0.4, -0.2) is 26.9 Å². The van der Waals surface area contributed by atoms with E-state index in [2.05, 4.69) is 26.5 Å². The van der Waals surface area contributed by atoms with E-state index in [1.54, 1.807) is 19.6 Å². The van der Waals surface area contributed by atoms with Crippen molar-refractivity contribution in [3.05, 3.63) is 72.3 Å². The lowest BCUT2D eigenvalue weighted by Crippen LogP contribution is -2.20. The molecule has 1 aliphatic rings. The maximum absolute atomic E-state index is 5.51. The maximum Gasteiger partial charge on any atom is 0.226 e. The van der Waals surface area contributed by atoms with E-state index in [4.69, 9.17) is 4.74 Å². The van der Waals surface area contributed by atoms with Crippen LogP contribution >= 0.6 is 0 Å². The number of methoxy groups -OCH3 is 1. The summed E-state index contributed by atoms with van der Waals surface area (Å²) in [5.74, 6) is 1.52. The summed E-state index contributed by atoms with van der Waals surface area (Å²) in [6.45, 7) is 0. The van der Waals surface area contributed by atoms with Gasteiger partial charge < -0.3 is 10.1 Å². The third-order valence-corrected chi connectivity index (χ3v) is 3.84. The van der Waals surface area contributed by atoms with Gasteiger partial charge >= 0.3 is 0 Å². The number of nitrogens with zero attached hydrogens (tertiary/aromatic N) is 4. The van der Waals surface area contributed by atoms with Crippen molar-refractivity contribution in [3.8, 4) is 5.75 Å². The lowest BCUT2D eigenvalue weighted by atomic mass is 10.0. The molecule has 0 bridgehead atoms. The molecule has 1 aliphatic heterocycles. The Morgan fingerprint density at radius 3 is 2.91 bits per heavy atom. The lowest BCUT2D eigenvalue weighted by molar-refractivity contribution is 0.404. The number of hydrogen-bond acceptors (Lipinski definition) is 5. The van der Waals surface area contributed by atoms with Gasteiger partial charge in [-0.15, -0.1) is 0 Å². The predicted octanol–water partition coefficient (Wildman–Crippen LogP) is 2.74. The van der Waals surface area contributed by atoms with Crippen LogP contribution in [0.2, 0.25) is 0 Å². The molecule has 0 fully saturated rings. The number of fused-ring (bicyclic) bond motifs is 1. The molecule has 0 spiro atoms. The van der Waals surface area contributed by atoms with E-state index in [1.165, 1.54) is 0 Å². The minimum absolute atomic E-state index is 0.0971. The van der Waals surface area contributed by atoms with Crippen LogP contribution in [0, 0.1) is 0 Å². The standard InChI is InChI=1S/C17H15N5O/c1-23-16-7-3-2-6-13(16)15-9-14(12-5-4-8-18-10-12)21-17-19-11-20-22(15)17/h2-11,15H,1H3,(H,19,20,21)/t15-/m0/s1. The summed E-state index contributed by atoms with van der Waals surface area (Å²) < 4.78 is 7.35. The predicted molar refractivity (Wildman–Crippen MR) is 87.0 cm³/mol. The van der Waals surface area contributed by atoms with Crippen LogP contribution in [0.3, 0.4) is 0 Å². The number of anilines is 1. The number of nitrogens with one attached hydrogen (secondary N) is 1. The average Bonchev–Trinajstić information content (AvgIpc) is 3.10. The normalized spacial score (nSPS) is 16.2. The molecular formula is C17H15N5O. The van der Waals surface area contributed by atoms with Gasteiger partial charge in [0.15, 0.2) is 0 Å². The fourth-order valence-corrected chi connectivity index (χ4v) is 2.76. The zero-order valence-electron chi connectivity index (χ0n) is 12.5. The van der Waals surface area contributed by atoms with Crippen molar-refractivity contribution >= 4 is 11.6 Å². The highest BCUT2D eigenvalue weighted by Crippen LogP contribution is 2.35. The molecule has 0 saturated carbocycles. The van der Waals surface area contributed by atoms with Crippen molar-refractivity contribution in [2.45, 2.75) is 6.04 Å². The van der Waals surface area contributed by atoms with Crippen molar-refractivity contribution in [2.75, 3.05) is 12.4 Å². The monoisotopic (exact) mass is 305 g/mol. The second-order valence-electron chi connectivity index (χ2n) is 5.16. The van der Waals surface area contributed by atoms with Gasteiger partial charge in [0.2, 0.25) is 5.95 Å². The van der Waals surface area contributed by atoms with Gasteiger partial charge in [-0.3, -0.25) is 4.98 Å². The quantitative estimate of drug-likeness (QED) is 0.806. The van der Waals surface area contributed by atoms with Gasteiger partial charge in [-0.25, -0.2) is 4.68 Å². The van der Waals surface area contributed by atoms with E-state index in [0.717, 1.165) is 22.6 Å². The number of para-hydroxylation sites is 1. The molecule has 1 aromatic carbocycles. The third kappa shape index (κ3) is 2.34. The van der Waals surface area contributed by atoms with Crippen LogP contribution in [-0.2, 0) is 0 Å². The van der Waals surface area contributed by atoms with Crippen molar-refractivity contribution in [3.63, 3.8) is 0 Å². The topological polar surface area (TPSA) is 64.9 Å². The number of aromatic nitrogens is 4. The molecule has 6 nitrogen and oxygen atoms in total. The Kier molecular flexibility index (Phi) is 3.27. The lowest BCUT2D eigenvalue weighted by Gasteiger charge is -2.25. The van der Waals surface area contributed by atoms with Crippen LogP contribution in [0.25, 0.3) is 5.70 Å². The fraction of sp³-hybridized carbons (Fsp3) is 0.118. The summed E-state index contributed by atoms with van der Waals surface area (Å²) in [6.07, 6.45) is 7.23. The highest BCUT2D eigenvalue weighted by atomic mass is 16.5. The molecule has 4 rings (SSSR count). The zero-order valence-corrected chi connectivity index (χ0v) is 12.5. The van der Waals surface area contributed by atoms with Gasteiger partial charge in [-0.05, 0) is 24.3 Å². The number of rotatable bonds is 3. The first kappa shape index (κ1) is 13.5. The first-order valence-electron chi connectivity index (χ1n) is 7.28. The molecule has 114 valence electrons. The van der Waals surface area contributed by atoms with E-state index in [-0.39, 0.29) is 6.04 Å². The highest BCUT2D eigenvalue weighted by Gasteiger charge is 2.25. The SMILES string of the molecule is COc1ccccc1[C@@H]1C=C(c2cccnc2)Nc2ncnn21. The molecule has 3 aromatic rings. The Hall–Kier alpha value is -3.15. The summed E-state index contributed by atoms with van der Waals surface area (Å²) in [5, 5.41) is 7.65. The average molecular weight is 305 g/mol. The number of ether oxygens (including phenoxy) is 1. The minimum Gasteiger partial charge on any atom is -0.496 e. The molecule has 0 amide bonds. The van der Waals surface area contributed by atoms with Crippen LogP contribution in [0.4, 0.5) is 5.95 Å². The number of allylic oxidation sites excluding steroid dienone is 1. The van der Waals surface area contributed by atoms with Crippen LogP contribution < -0.4 is 10.1 Å². The minimum atomic E-state index is -0.0971. The van der Waals surface area contributed by atoms with E-state index in [1.807, 2.05) is 47.3 Å². The van der Waals surface area contributed by atoms with Gasteiger partial charge in [-0.1, -0.05) is 18.2 Å². The van der Waals surface area contributed by atoms with Crippen LogP contribution in [0.1, 0.15) is 17.2 Å². The largest absolute Gasteiger partial charge is 0.496 e. The fourth-order valence-electron chi connectivity index (χ4n) is 2.76. The van der Waals surface area contributed by atoms with Crippen LogP contribution in [0.5, 0.6) is 5.75 Å². The summed E-state index contributed by atoms with van der Waals surface area (Å²) >= 11 is 0. The summed E-state index contributed by atoms with van der Waals surface area (Å²) in [7, 11) is 1.67. The Morgan fingerprint density at radius 1 is 1.17 bits per heavy atom. The smallest absolute Gasteiger partial charge is 0.226 e. The van der Waals surface area contributed by atoms with Gasteiger partial charge in [-0.2, -0.15) is 10.1 Å². The van der Waals surface area contributed by atoms with Gasteiger partial charge in [0, 0.05) is 29.2 Å². The molecule has 1 N–H and O–H groups in total. The van der Waals surface area contributed by atoms with Gasteiger partial charge in [0.25, 0.3) is 0 Å².